The minimum atomic E-state index is -0.727. The van der Waals surface area contributed by atoms with Gasteiger partial charge >= 0.3 is 4.87 Å². The smallest absolute Gasteiger partial charge is 0.308 e. The summed E-state index contributed by atoms with van der Waals surface area (Å²) < 4.78 is 2.26. The van der Waals surface area contributed by atoms with Crippen molar-refractivity contribution in [1.82, 2.24) is 4.57 Å². The number of nitrogens with one attached hydrogen (secondary N) is 1. The number of halogens is 1. The van der Waals surface area contributed by atoms with Gasteiger partial charge in [-0.2, -0.15) is 0 Å². The number of benzene rings is 3. The van der Waals surface area contributed by atoms with Crippen LogP contribution in [0.3, 0.4) is 0 Å². The predicted molar refractivity (Wildman–Crippen MR) is 156 cm³/mol. The van der Waals surface area contributed by atoms with Crippen LogP contribution in [0.25, 0.3) is 0 Å². The lowest BCUT2D eigenvalue weighted by atomic mass is 9.83. The highest BCUT2D eigenvalue weighted by atomic mass is 79.9. The molecule has 196 valence electrons. The lowest BCUT2D eigenvalue weighted by Gasteiger charge is -2.30. The number of aryl methyl sites for hydroxylation is 1. The second kappa shape index (κ2) is 10.3. The van der Waals surface area contributed by atoms with Crippen molar-refractivity contribution in [2.24, 2.45) is 5.92 Å². The normalized spacial score (nSPS) is 20.1. The average molecular weight is 621 g/mol. The van der Waals surface area contributed by atoms with Gasteiger partial charge in [0.05, 0.1) is 16.6 Å². The highest BCUT2D eigenvalue weighted by Crippen LogP contribution is 2.54. The second-order valence-corrected chi connectivity index (χ2v) is 12.5. The molecular weight excluding hydrogens is 598 g/mol. The van der Waals surface area contributed by atoms with Gasteiger partial charge in [0.15, 0.2) is 0 Å². The maximum Gasteiger partial charge on any atom is 0.308 e. The number of thioether (sulfide) groups is 1. The second-order valence-electron chi connectivity index (χ2n) is 9.48. The molecule has 3 unspecified atom stereocenters. The lowest BCUT2D eigenvalue weighted by molar-refractivity contribution is -0.122. The summed E-state index contributed by atoms with van der Waals surface area (Å²) in [5, 5.41) is 2.68. The number of thiazole rings is 1. The molecule has 1 saturated heterocycles. The lowest BCUT2D eigenvalue weighted by Crippen LogP contribution is -2.33. The standard InChI is InChI=1S/C29H22BrN3O4S2/c1-16-10-12-19(13-11-16)31-21(34)15-32-28-25(39-29(32)37)22(17-6-5-7-18(30)14-17)23-24(38-28)27(36)33(26(23)35)20-8-3-2-4-9-20/h2-14,22-24H,15H2,1H3,(H,31,34). The van der Waals surface area contributed by atoms with Crippen LogP contribution in [0.4, 0.5) is 11.4 Å². The molecule has 3 aromatic carbocycles. The van der Waals surface area contributed by atoms with Crippen LogP contribution in [0.15, 0.2) is 93.2 Å². The first-order chi connectivity index (χ1) is 18.8. The van der Waals surface area contributed by atoms with Crippen LogP contribution in [-0.2, 0) is 20.9 Å². The van der Waals surface area contributed by atoms with Gasteiger partial charge < -0.3 is 5.32 Å². The first kappa shape index (κ1) is 25.8. The SMILES string of the molecule is Cc1ccc(NC(=O)Cn2c3c(sc2=O)C(c2cccc(Br)c2)C2C(=O)N(c4ccccc4)C(=O)C2S3)cc1. The molecule has 6 rings (SSSR count). The van der Waals surface area contributed by atoms with Crippen molar-refractivity contribution in [1.29, 1.82) is 0 Å². The highest BCUT2D eigenvalue weighted by molar-refractivity contribution is 9.10. The minimum Gasteiger partial charge on any atom is -0.325 e. The molecule has 3 amide bonds. The summed E-state index contributed by atoms with van der Waals surface area (Å²) in [7, 11) is 0. The molecule has 39 heavy (non-hydrogen) atoms. The van der Waals surface area contributed by atoms with Gasteiger partial charge in [0.25, 0.3) is 0 Å². The third-order valence-electron chi connectivity index (χ3n) is 6.91. The Morgan fingerprint density at radius 3 is 2.41 bits per heavy atom. The third kappa shape index (κ3) is 4.66. The number of carbonyl (C=O) groups excluding carboxylic acids is 3. The van der Waals surface area contributed by atoms with E-state index in [-0.39, 0.29) is 29.1 Å². The number of nitrogens with zero attached hydrogens (tertiary/aromatic N) is 2. The van der Waals surface area contributed by atoms with E-state index in [1.165, 1.54) is 21.2 Å². The Morgan fingerprint density at radius 1 is 0.949 bits per heavy atom. The largest absolute Gasteiger partial charge is 0.325 e. The molecule has 0 spiro atoms. The fourth-order valence-electron chi connectivity index (χ4n) is 5.13. The van der Waals surface area contributed by atoms with E-state index in [0.717, 1.165) is 26.9 Å². The van der Waals surface area contributed by atoms with Crippen LogP contribution in [0, 0.1) is 12.8 Å². The van der Waals surface area contributed by atoms with Gasteiger partial charge in [-0.1, -0.05) is 87.1 Å². The first-order valence-corrected chi connectivity index (χ1v) is 14.8. The number of fused-ring (bicyclic) bond motifs is 2. The van der Waals surface area contributed by atoms with Crippen molar-refractivity contribution < 1.29 is 14.4 Å². The molecule has 2 aliphatic rings. The maximum absolute atomic E-state index is 13.9. The van der Waals surface area contributed by atoms with E-state index in [4.69, 9.17) is 0 Å². The molecule has 10 heteroatoms. The van der Waals surface area contributed by atoms with Gasteiger partial charge in [-0.15, -0.1) is 0 Å². The van der Waals surface area contributed by atoms with E-state index in [0.29, 0.717) is 21.3 Å². The fourth-order valence-corrected chi connectivity index (χ4v) is 8.32. The Hall–Kier alpha value is -3.47. The zero-order valence-corrected chi connectivity index (χ0v) is 23.9. The Bertz CT molecular complexity index is 1670. The van der Waals surface area contributed by atoms with Gasteiger partial charge in [0.2, 0.25) is 17.7 Å². The summed E-state index contributed by atoms with van der Waals surface area (Å²) in [6, 6.07) is 23.9. The van der Waals surface area contributed by atoms with Crippen molar-refractivity contribution >= 4 is 68.1 Å². The Labute approximate surface area is 241 Å². The number of carbonyl (C=O) groups is 3. The topological polar surface area (TPSA) is 88.5 Å². The molecule has 1 N–H and O–H groups in total. The van der Waals surface area contributed by atoms with Crippen LogP contribution in [-0.4, -0.2) is 27.5 Å². The van der Waals surface area contributed by atoms with Crippen molar-refractivity contribution in [3.8, 4) is 0 Å². The average Bonchev–Trinajstić information content (AvgIpc) is 3.36. The zero-order chi connectivity index (χ0) is 27.3. The van der Waals surface area contributed by atoms with Crippen LogP contribution >= 0.6 is 39.0 Å². The van der Waals surface area contributed by atoms with Gasteiger partial charge in [-0.25, -0.2) is 4.90 Å². The molecule has 1 aromatic heterocycles. The Balaban J connectivity index is 1.41. The summed E-state index contributed by atoms with van der Waals surface area (Å²) >= 11 is 5.76. The molecule has 0 bridgehead atoms. The molecular formula is C29H22BrN3O4S2. The molecule has 4 aromatic rings. The monoisotopic (exact) mass is 619 g/mol. The van der Waals surface area contributed by atoms with E-state index in [1.54, 1.807) is 24.3 Å². The number of para-hydroxylation sites is 1. The van der Waals surface area contributed by atoms with E-state index in [2.05, 4.69) is 21.2 Å². The van der Waals surface area contributed by atoms with Gasteiger partial charge in [-0.3, -0.25) is 23.7 Å². The highest BCUT2D eigenvalue weighted by Gasteiger charge is 2.56. The summed E-state index contributed by atoms with van der Waals surface area (Å²) in [5.74, 6) is -2.14. The number of imide groups is 1. The van der Waals surface area contributed by atoms with Crippen LogP contribution in [0.1, 0.15) is 21.9 Å². The molecule has 3 heterocycles. The quantitative estimate of drug-likeness (QED) is 0.302. The van der Waals surface area contributed by atoms with Crippen molar-refractivity contribution in [3.63, 3.8) is 0 Å². The molecule has 2 aliphatic heterocycles. The molecule has 0 aliphatic carbocycles. The number of hydrogen-bond donors (Lipinski definition) is 1. The summed E-state index contributed by atoms with van der Waals surface area (Å²) in [6.45, 7) is 1.77. The number of amides is 3. The number of anilines is 2. The van der Waals surface area contributed by atoms with Crippen molar-refractivity contribution in [3.05, 3.63) is 109 Å². The van der Waals surface area contributed by atoms with E-state index in [1.807, 2.05) is 61.5 Å². The van der Waals surface area contributed by atoms with Gasteiger partial charge in [0.1, 0.15) is 11.8 Å². The van der Waals surface area contributed by atoms with E-state index >= 15 is 0 Å². The molecule has 0 radical (unpaired) electrons. The third-order valence-corrected chi connectivity index (χ3v) is 10.0. The van der Waals surface area contributed by atoms with Crippen LogP contribution in [0.2, 0.25) is 0 Å². The zero-order valence-electron chi connectivity index (χ0n) is 20.7. The van der Waals surface area contributed by atoms with Gasteiger partial charge in [-0.05, 0) is 48.9 Å². The van der Waals surface area contributed by atoms with E-state index < -0.39 is 17.1 Å². The molecule has 0 saturated carbocycles. The number of hydrogen-bond acceptors (Lipinski definition) is 6. The van der Waals surface area contributed by atoms with Crippen LogP contribution < -0.4 is 15.1 Å². The van der Waals surface area contributed by atoms with Gasteiger partial charge in [0, 0.05) is 21.0 Å². The maximum atomic E-state index is 13.9. The molecule has 3 atom stereocenters. The Morgan fingerprint density at radius 2 is 1.69 bits per heavy atom. The molecule has 7 nitrogen and oxygen atoms in total. The van der Waals surface area contributed by atoms with E-state index in [9.17, 15) is 19.2 Å². The fraction of sp³-hybridized carbons (Fsp3) is 0.172. The molecule has 1 fully saturated rings. The van der Waals surface area contributed by atoms with Crippen LogP contribution in [0.5, 0.6) is 0 Å². The van der Waals surface area contributed by atoms with Crippen molar-refractivity contribution in [2.75, 3.05) is 10.2 Å². The summed E-state index contributed by atoms with van der Waals surface area (Å²) in [6.07, 6.45) is 0. The Kier molecular flexibility index (Phi) is 6.78. The summed E-state index contributed by atoms with van der Waals surface area (Å²) in [5.41, 5.74) is 3.06. The minimum absolute atomic E-state index is 0.196. The van der Waals surface area contributed by atoms with Crippen molar-refractivity contribution in [2.45, 2.75) is 29.7 Å². The number of rotatable bonds is 5. The number of aromatic nitrogens is 1. The summed E-state index contributed by atoms with van der Waals surface area (Å²) in [4.78, 5) is 55.5. The predicted octanol–water partition coefficient (Wildman–Crippen LogP) is 5.42. The first-order valence-electron chi connectivity index (χ1n) is 12.3.